The molecule has 1 fully saturated rings. The molecule has 1 atom stereocenters. The third kappa shape index (κ3) is 10.3. The van der Waals surface area contributed by atoms with E-state index < -0.39 is 51.1 Å². The number of benzene rings is 1. The predicted octanol–water partition coefficient (Wildman–Crippen LogP) is 6.66. The molecule has 2 amide bonds. The summed E-state index contributed by atoms with van der Waals surface area (Å²) in [6.45, 7) is 6.04. The highest BCUT2D eigenvalue weighted by Crippen LogP contribution is 2.35. The van der Waals surface area contributed by atoms with Crippen LogP contribution in [-0.2, 0) is 27.4 Å². The van der Waals surface area contributed by atoms with Crippen molar-refractivity contribution in [3.05, 3.63) is 53.9 Å². The van der Waals surface area contributed by atoms with E-state index in [1.54, 1.807) is 39.1 Å². The Morgan fingerprint density at radius 1 is 1.09 bits per heavy atom. The van der Waals surface area contributed by atoms with Gasteiger partial charge in [0.25, 0.3) is 0 Å². The van der Waals surface area contributed by atoms with Crippen molar-refractivity contribution in [3.63, 3.8) is 0 Å². The predicted molar refractivity (Wildman–Crippen MR) is 174 cm³/mol. The van der Waals surface area contributed by atoms with Crippen LogP contribution in [0.3, 0.4) is 0 Å². The number of pyridine rings is 1. The summed E-state index contributed by atoms with van der Waals surface area (Å²) in [5.74, 6) is -1.67. The third-order valence-corrected chi connectivity index (χ3v) is 8.75. The summed E-state index contributed by atoms with van der Waals surface area (Å²) in [6, 6.07) is 4.42. The van der Waals surface area contributed by atoms with Gasteiger partial charge in [0.2, 0.25) is 5.91 Å². The fourth-order valence-corrected chi connectivity index (χ4v) is 5.73. The van der Waals surface area contributed by atoms with Crippen molar-refractivity contribution in [2.45, 2.75) is 83.7 Å². The quantitative estimate of drug-likeness (QED) is 0.213. The Hall–Kier alpha value is -3.38. The van der Waals surface area contributed by atoms with Gasteiger partial charge in [0, 0.05) is 30.6 Å². The maximum Gasteiger partial charge on any atom is 0.408 e. The van der Waals surface area contributed by atoms with Crippen molar-refractivity contribution >= 4 is 33.1 Å². The molecular weight excluding hydrogens is 602 g/mol. The number of aromatic nitrogens is 2. The third-order valence-electron chi connectivity index (χ3n) is 7.36. The molecule has 0 unspecified atom stereocenters. The van der Waals surface area contributed by atoms with Crippen molar-refractivity contribution < 1.29 is 32.6 Å². The van der Waals surface area contributed by atoms with Crippen LogP contribution >= 0.6 is 10.0 Å². The van der Waals surface area contributed by atoms with Gasteiger partial charge in [-0.1, -0.05) is 19.3 Å². The average molecular weight is 649 g/mol. The van der Waals surface area contributed by atoms with Gasteiger partial charge in [-0.05, 0) is 82.2 Å². The van der Waals surface area contributed by atoms with E-state index in [1.165, 1.54) is 6.20 Å². The van der Waals surface area contributed by atoms with Crippen LogP contribution in [0.2, 0.25) is 0 Å². The average Bonchev–Trinajstić information content (AvgIpc) is 3.35. The van der Waals surface area contributed by atoms with Crippen LogP contribution in [0.5, 0.6) is 11.5 Å². The first-order valence-electron chi connectivity index (χ1n) is 15.3. The first-order chi connectivity index (χ1) is 21.2. The summed E-state index contributed by atoms with van der Waals surface area (Å²) in [5.41, 5.74) is -0.0453. The molecule has 0 bridgehead atoms. The first kappa shape index (κ1) is 34.5. The summed E-state index contributed by atoms with van der Waals surface area (Å²) >= 11 is 0. The number of hydrogen-bond acceptors (Lipinski definition) is 6. The SMILES string of the molecule is CC(C)(C)OC(=O)N[C@H](Cc1cc(F)c(Oc2ccnc3c2ccn3COCCS(C)(C)C)c(F)c1)C(=O)NC1CCCCC1. The standard InChI is InChI=1S/C33H46F2N4O5S/c1-33(2,3)44-32(41)38-27(31(40)37-23-10-8-7-9-11-23)20-22-18-25(34)29(26(35)19-22)43-28-12-14-36-30-24(28)13-15-39(30)21-42-16-17-45(4,5)6/h12-15,18-19,23,27H,7-11,16-17,20-21H2,1-6H3,(H,37,40)(H,38,41)/t27-/m1/s1. The lowest BCUT2D eigenvalue weighted by Gasteiger charge is -2.27. The topological polar surface area (TPSA) is 104 Å². The van der Waals surface area contributed by atoms with Crippen LogP contribution in [0.25, 0.3) is 11.0 Å². The molecule has 1 saturated carbocycles. The lowest BCUT2D eigenvalue weighted by Crippen LogP contribution is -2.51. The van der Waals surface area contributed by atoms with Crippen LogP contribution in [0.15, 0.2) is 36.7 Å². The summed E-state index contributed by atoms with van der Waals surface area (Å²) in [5, 5.41) is 6.15. The Morgan fingerprint density at radius 2 is 1.78 bits per heavy atom. The van der Waals surface area contributed by atoms with Crippen molar-refractivity contribution in [1.29, 1.82) is 0 Å². The van der Waals surface area contributed by atoms with Gasteiger partial charge in [-0.15, -0.1) is 0 Å². The Morgan fingerprint density at radius 3 is 2.42 bits per heavy atom. The van der Waals surface area contributed by atoms with Crippen LogP contribution in [0, 0.1) is 11.6 Å². The molecule has 0 aliphatic heterocycles. The van der Waals surface area contributed by atoms with E-state index in [-0.39, 0.29) is 23.8 Å². The second-order valence-corrected chi connectivity index (χ2v) is 18.0. The van der Waals surface area contributed by atoms with Crippen molar-refractivity contribution in [2.75, 3.05) is 31.1 Å². The minimum Gasteiger partial charge on any atom is -0.450 e. The number of carbonyl (C=O) groups is 2. The first-order valence-corrected chi connectivity index (χ1v) is 18.3. The fourth-order valence-electron chi connectivity index (χ4n) is 5.11. The number of halogens is 2. The number of nitrogens with zero attached hydrogens (tertiary/aromatic N) is 2. The van der Waals surface area contributed by atoms with Crippen LogP contribution in [-0.4, -0.2) is 70.4 Å². The molecule has 4 rings (SSSR count). The molecule has 0 radical (unpaired) electrons. The van der Waals surface area contributed by atoms with Crippen molar-refractivity contribution in [1.82, 2.24) is 20.2 Å². The molecule has 2 N–H and O–H groups in total. The molecule has 9 nitrogen and oxygen atoms in total. The Kier molecular flexibility index (Phi) is 11.4. The van der Waals surface area contributed by atoms with Crippen LogP contribution < -0.4 is 15.4 Å². The number of carbonyl (C=O) groups excluding carboxylic acids is 2. The monoisotopic (exact) mass is 648 g/mol. The molecule has 0 spiro atoms. The number of fused-ring (bicyclic) bond motifs is 1. The van der Waals surface area contributed by atoms with E-state index in [2.05, 4.69) is 34.4 Å². The lowest BCUT2D eigenvalue weighted by atomic mass is 9.95. The Labute approximate surface area is 265 Å². The van der Waals surface area contributed by atoms with E-state index in [1.807, 2.05) is 4.57 Å². The van der Waals surface area contributed by atoms with Gasteiger partial charge < -0.3 is 29.4 Å². The van der Waals surface area contributed by atoms with E-state index >= 15 is 8.78 Å². The van der Waals surface area contributed by atoms with Gasteiger partial charge in [0.15, 0.2) is 17.4 Å². The fraction of sp³-hybridized carbons (Fsp3) is 0.545. The van der Waals surface area contributed by atoms with Gasteiger partial charge >= 0.3 is 6.09 Å². The van der Waals surface area contributed by atoms with Crippen LogP contribution in [0.1, 0.15) is 58.4 Å². The number of amides is 2. The molecule has 3 aromatic rings. The highest BCUT2D eigenvalue weighted by atomic mass is 32.3. The van der Waals surface area contributed by atoms with E-state index in [0.717, 1.165) is 50.0 Å². The van der Waals surface area contributed by atoms with Crippen molar-refractivity contribution in [2.24, 2.45) is 0 Å². The lowest BCUT2D eigenvalue weighted by molar-refractivity contribution is -0.124. The summed E-state index contributed by atoms with van der Waals surface area (Å²) in [7, 11) is -0.675. The van der Waals surface area contributed by atoms with Gasteiger partial charge in [-0.2, -0.15) is 0 Å². The minimum absolute atomic E-state index is 0.0125. The maximum atomic E-state index is 15.4. The summed E-state index contributed by atoms with van der Waals surface area (Å²) in [4.78, 5) is 30.2. The molecule has 0 saturated heterocycles. The number of nitrogens with one attached hydrogen (secondary N) is 2. The summed E-state index contributed by atoms with van der Waals surface area (Å²) in [6.07, 6.45) is 13.9. The van der Waals surface area contributed by atoms with Crippen LogP contribution in [0.4, 0.5) is 13.6 Å². The molecular formula is C33H46F2N4O5S. The van der Waals surface area contributed by atoms with Gasteiger partial charge in [0.1, 0.15) is 29.8 Å². The second kappa shape index (κ2) is 14.8. The Balaban J connectivity index is 1.49. The van der Waals surface area contributed by atoms with Gasteiger partial charge in [-0.3, -0.25) is 4.79 Å². The molecule has 12 heteroatoms. The molecule has 248 valence electrons. The zero-order valence-electron chi connectivity index (χ0n) is 27.1. The number of ether oxygens (including phenoxy) is 3. The largest absolute Gasteiger partial charge is 0.450 e. The number of hydrogen-bond donors (Lipinski definition) is 2. The van der Waals surface area contributed by atoms with E-state index in [4.69, 9.17) is 14.2 Å². The second-order valence-electron chi connectivity index (χ2n) is 13.4. The normalized spacial score (nSPS) is 15.5. The molecule has 2 heterocycles. The molecule has 45 heavy (non-hydrogen) atoms. The van der Waals surface area contributed by atoms with E-state index in [9.17, 15) is 9.59 Å². The number of rotatable bonds is 12. The zero-order valence-corrected chi connectivity index (χ0v) is 27.9. The minimum atomic E-state index is -1.10. The Bertz CT molecular complexity index is 1450. The van der Waals surface area contributed by atoms with E-state index in [0.29, 0.717) is 24.4 Å². The zero-order chi connectivity index (χ0) is 32.8. The highest BCUT2D eigenvalue weighted by molar-refractivity contribution is 8.32. The smallest absolute Gasteiger partial charge is 0.408 e. The highest BCUT2D eigenvalue weighted by Gasteiger charge is 2.28. The van der Waals surface area contributed by atoms with Crippen molar-refractivity contribution in [3.8, 4) is 11.5 Å². The molecule has 1 aliphatic rings. The van der Waals surface area contributed by atoms with Gasteiger partial charge in [-0.25, -0.2) is 28.6 Å². The number of alkyl carbamates (subject to hydrolysis) is 1. The van der Waals surface area contributed by atoms with Gasteiger partial charge in [0.05, 0.1) is 12.0 Å². The molecule has 1 aliphatic carbocycles. The molecule has 2 aromatic heterocycles. The maximum absolute atomic E-state index is 15.4. The summed E-state index contributed by atoms with van der Waals surface area (Å²) < 4.78 is 49.5. The molecule has 1 aromatic carbocycles.